The van der Waals surface area contributed by atoms with Crippen molar-refractivity contribution in [3.05, 3.63) is 0 Å². The maximum absolute atomic E-state index is 12.1. The number of carbonyl (C=O) groups is 1. The fourth-order valence-corrected chi connectivity index (χ4v) is 1.86. The zero-order valence-corrected chi connectivity index (χ0v) is 6.97. The Morgan fingerprint density at radius 2 is 2.17 bits per heavy atom. The Bertz CT molecular complexity index is 182. The lowest BCUT2D eigenvalue weighted by atomic mass is 10.3. The number of alkyl halides is 3. The molecule has 1 aliphatic rings. The molecule has 1 N–H and O–H groups in total. The van der Waals surface area contributed by atoms with Crippen LogP contribution in [0.5, 0.6) is 0 Å². The average Bonchev–Trinajstić information content (AvgIpc) is 2.11. The van der Waals surface area contributed by atoms with Crippen LogP contribution in [0.25, 0.3) is 0 Å². The molecule has 6 heteroatoms. The zero-order chi connectivity index (χ0) is 9.19. The SMILES string of the molecule is O=C1CC(C(F)(F)F)SCCN1. The van der Waals surface area contributed by atoms with E-state index in [4.69, 9.17) is 0 Å². The largest absolute Gasteiger partial charge is 0.401 e. The number of hydrogen-bond donors (Lipinski definition) is 1. The first-order valence-electron chi connectivity index (χ1n) is 3.45. The second-order valence-electron chi connectivity index (χ2n) is 2.46. The molecule has 1 aliphatic heterocycles. The second-order valence-corrected chi connectivity index (χ2v) is 3.77. The molecule has 0 aromatic carbocycles. The highest BCUT2D eigenvalue weighted by atomic mass is 32.2. The highest BCUT2D eigenvalue weighted by Crippen LogP contribution is 2.33. The van der Waals surface area contributed by atoms with Crippen molar-refractivity contribution < 1.29 is 18.0 Å². The van der Waals surface area contributed by atoms with Gasteiger partial charge in [0.1, 0.15) is 5.25 Å². The van der Waals surface area contributed by atoms with Crippen LogP contribution in [-0.4, -0.2) is 29.6 Å². The molecule has 0 bridgehead atoms. The molecule has 1 heterocycles. The summed E-state index contributed by atoms with van der Waals surface area (Å²) in [5.74, 6) is -0.182. The van der Waals surface area contributed by atoms with Crippen LogP contribution in [0.4, 0.5) is 13.2 Å². The van der Waals surface area contributed by atoms with Crippen molar-refractivity contribution in [2.45, 2.75) is 17.8 Å². The lowest BCUT2D eigenvalue weighted by molar-refractivity contribution is -0.139. The Hall–Kier alpha value is -0.390. The van der Waals surface area contributed by atoms with E-state index in [0.717, 1.165) is 11.8 Å². The van der Waals surface area contributed by atoms with E-state index in [1.165, 1.54) is 0 Å². The van der Waals surface area contributed by atoms with E-state index < -0.39 is 23.8 Å². The van der Waals surface area contributed by atoms with Gasteiger partial charge in [-0.15, -0.1) is 11.8 Å². The normalized spacial score (nSPS) is 26.2. The van der Waals surface area contributed by atoms with Gasteiger partial charge in [-0.25, -0.2) is 0 Å². The van der Waals surface area contributed by atoms with Gasteiger partial charge in [0.25, 0.3) is 0 Å². The Balaban J connectivity index is 2.58. The molecule has 1 atom stereocenters. The van der Waals surface area contributed by atoms with Crippen molar-refractivity contribution >= 4 is 17.7 Å². The van der Waals surface area contributed by atoms with Gasteiger partial charge < -0.3 is 5.32 Å². The summed E-state index contributed by atoms with van der Waals surface area (Å²) in [6.07, 6.45) is -4.71. The second kappa shape index (κ2) is 3.55. The molecular weight excluding hydrogens is 191 g/mol. The van der Waals surface area contributed by atoms with Crippen molar-refractivity contribution in [3.8, 4) is 0 Å². The summed E-state index contributed by atoms with van der Waals surface area (Å²) in [6, 6.07) is 0. The summed E-state index contributed by atoms with van der Waals surface area (Å²) in [4.78, 5) is 10.7. The summed E-state index contributed by atoms with van der Waals surface area (Å²) in [7, 11) is 0. The van der Waals surface area contributed by atoms with E-state index in [-0.39, 0.29) is 0 Å². The molecule has 1 saturated heterocycles. The molecule has 1 fully saturated rings. The number of amides is 1. The van der Waals surface area contributed by atoms with Crippen LogP contribution in [0.3, 0.4) is 0 Å². The maximum atomic E-state index is 12.1. The lowest BCUT2D eigenvalue weighted by Gasteiger charge is -2.15. The molecule has 2 nitrogen and oxygen atoms in total. The van der Waals surface area contributed by atoms with E-state index in [1.54, 1.807) is 0 Å². The van der Waals surface area contributed by atoms with Crippen molar-refractivity contribution in [1.29, 1.82) is 0 Å². The van der Waals surface area contributed by atoms with Crippen LogP contribution in [0.2, 0.25) is 0 Å². The van der Waals surface area contributed by atoms with Crippen molar-refractivity contribution in [2.24, 2.45) is 0 Å². The average molecular weight is 199 g/mol. The Morgan fingerprint density at radius 3 is 2.75 bits per heavy atom. The van der Waals surface area contributed by atoms with Crippen molar-refractivity contribution in [1.82, 2.24) is 5.32 Å². The number of hydrogen-bond acceptors (Lipinski definition) is 2. The smallest absolute Gasteiger partial charge is 0.355 e. The third-order valence-electron chi connectivity index (χ3n) is 1.48. The lowest BCUT2D eigenvalue weighted by Crippen LogP contribution is -2.30. The van der Waals surface area contributed by atoms with Gasteiger partial charge in [-0.2, -0.15) is 13.2 Å². The van der Waals surface area contributed by atoms with Gasteiger partial charge in [-0.3, -0.25) is 4.79 Å². The molecule has 70 valence electrons. The molecule has 12 heavy (non-hydrogen) atoms. The van der Waals surface area contributed by atoms with Crippen LogP contribution in [0, 0.1) is 0 Å². The molecule has 0 saturated carbocycles. The first-order valence-corrected chi connectivity index (χ1v) is 4.50. The Labute approximate surface area is 71.9 Å². The molecule has 0 aliphatic carbocycles. The van der Waals surface area contributed by atoms with Crippen LogP contribution >= 0.6 is 11.8 Å². The summed E-state index contributed by atoms with van der Waals surface area (Å²) in [5.41, 5.74) is 0. The predicted octanol–water partition coefficient (Wildman–Crippen LogP) is 1.17. The Morgan fingerprint density at radius 1 is 1.50 bits per heavy atom. The fraction of sp³-hybridized carbons (Fsp3) is 0.833. The topological polar surface area (TPSA) is 29.1 Å². The summed E-state index contributed by atoms with van der Waals surface area (Å²) >= 11 is 0.786. The van der Waals surface area contributed by atoms with Gasteiger partial charge in [0.05, 0.1) is 0 Å². The minimum atomic E-state index is -4.26. The quantitative estimate of drug-likeness (QED) is 0.634. The highest BCUT2D eigenvalue weighted by Gasteiger charge is 2.41. The third kappa shape index (κ3) is 2.58. The van der Waals surface area contributed by atoms with Crippen molar-refractivity contribution in [3.63, 3.8) is 0 Å². The van der Waals surface area contributed by atoms with Crippen LogP contribution < -0.4 is 5.32 Å². The zero-order valence-electron chi connectivity index (χ0n) is 6.15. The maximum Gasteiger partial charge on any atom is 0.401 e. The van der Waals surface area contributed by atoms with Gasteiger partial charge in [-0.05, 0) is 0 Å². The minimum absolute atomic E-state index is 0.329. The summed E-state index contributed by atoms with van der Waals surface area (Å²) in [5, 5.41) is 0.859. The number of nitrogens with one attached hydrogen (secondary N) is 1. The predicted molar refractivity (Wildman–Crippen MR) is 39.9 cm³/mol. The molecule has 0 aromatic rings. The van der Waals surface area contributed by atoms with Crippen molar-refractivity contribution in [2.75, 3.05) is 12.3 Å². The van der Waals surface area contributed by atoms with Gasteiger partial charge in [0.15, 0.2) is 0 Å². The number of rotatable bonds is 0. The van der Waals surface area contributed by atoms with Gasteiger partial charge in [0, 0.05) is 18.7 Å². The van der Waals surface area contributed by atoms with Crippen LogP contribution in [0.15, 0.2) is 0 Å². The standard InChI is InChI=1S/C6H8F3NOS/c7-6(8,9)4-3-5(11)10-1-2-12-4/h4H,1-3H2,(H,10,11). The van der Waals surface area contributed by atoms with Gasteiger partial charge in [0.2, 0.25) is 5.91 Å². The highest BCUT2D eigenvalue weighted by molar-refractivity contribution is 8.00. The Kier molecular flexibility index (Phi) is 2.87. The first kappa shape index (κ1) is 9.70. The molecular formula is C6H8F3NOS. The molecule has 0 aromatic heterocycles. The van der Waals surface area contributed by atoms with E-state index >= 15 is 0 Å². The third-order valence-corrected chi connectivity index (χ3v) is 2.76. The van der Waals surface area contributed by atoms with E-state index in [2.05, 4.69) is 5.32 Å². The monoisotopic (exact) mass is 199 g/mol. The van der Waals surface area contributed by atoms with Gasteiger partial charge in [-0.1, -0.05) is 0 Å². The van der Waals surface area contributed by atoms with Crippen LogP contribution in [-0.2, 0) is 4.79 Å². The van der Waals surface area contributed by atoms with Crippen LogP contribution in [0.1, 0.15) is 6.42 Å². The number of thioether (sulfide) groups is 1. The number of carbonyl (C=O) groups excluding carboxylic acids is 1. The molecule has 1 amide bonds. The molecule has 0 radical (unpaired) electrons. The van der Waals surface area contributed by atoms with E-state index in [1.807, 2.05) is 0 Å². The minimum Gasteiger partial charge on any atom is -0.355 e. The first-order chi connectivity index (χ1) is 5.50. The van der Waals surface area contributed by atoms with E-state index in [0.29, 0.717) is 12.3 Å². The van der Waals surface area contributed by atoms with Gasteiger partial charge >= 0.3 is 6.18 Å². The molecule has 1 rings (SSSR count). The molecule has 1 unspecified atom stereocenters. The van der Waals surface area contributed by atoms with E-state index in [9.17, 15) is 18.0 Å². The fourth-order valence-electron chi connectivity index (χ4n) is 0.901. The summed E-state index contributed by atoms with van der Waals surface area (Å²) in [6.45, 7) is 0.329. The summed E-state index contributed by atoms with van der Waals surface area (Å²) < 4.78 is 36.3. The molecule has 0 spiro atoms. The number of halogens is 3.